The number of methoxy groups -OCH3 is 1. The van der Waals surface area contributed by atoms with Gasteiger partial charge in [0.1, 0.15) is 0 Å². The van der Waals surface area contributed by atoms with Gasteiger partial charge in [0.05, 0.1) is 18.2 Å². The average Bonchev–Trinajstić information content (AvgIpc) is 2.76. The number of nitrogens with zero attached hydrogens (tertiary/aromatic N) is 3. The fourth-order valence-electron chi connectivity index (χ4n) is 3.83. The number of hydrogen-bond acceptors (Lipinski definition) is 5. The molecule has 0 unspecified atom stereocenters. The van der Waals surface area contributed by atoms with E-state index < -0.39 is 0 Å². The Balaban J connectivity index is 1.56. The summed E-state index contributed by atoms with van der Waals surface area (Å²) in [5.74, 6) is 1.14. The standard InChI is InChI=1S/C24H31N3OS/c1-28-19-21-7-5-20(6-8-21)18-26-11-13-27(14-12-26)24-10-9-23(17-25)22(16-24)4-3-15-29-2/h5-10,16H,3-4,11-15,18-19H2,1-2H3. The Morgan fingerprint density at radius 2 is 1.76 bits per heavy atom. The SMILES string of the molecule is COCc1ccc(CN2CCN(c3ccc(C#N)c(CCCSC)c3)CC2)cc1. The molecule has 0 amide bonds. The smallest absolute Gasteiger partial charge is 0.0994 e. The zero-order chi connectivity index (χ0) is 20.5. The molecule has 1 aliphatic rings. The van der Waals surface area contributed by atoms with Crippen LogP contribution in [0.2, 0.25) is 0 Å². The first kappa shape index (κ1) is 21.7. The fraction of sp³-hybridized carbons (Fsp3) is 0.458. The number of ether oxygens (including phenoxy) is 1. The Morgan fingerprint density at radius 3 is 2.41 bits per heavy atom. The van der Waals surface area contributed by atoms with Crippen molar-refractivity contribution in [2.75, 3.05) is 50.2 Å². The molecule has 1 heterocycles. The number of piperazine rings is 1. The van der Waals surface area contributed by atoms with E-state index in [1.54, 1.807) is 7.11 Å². The predicted octanol–water partition coefficient (Wildman–Crippen LogP) is 4.32. The zero-order valence-electron chi connectivity index (χ0n) is 17.6. The maximum atomic E-state index is 9.42. The summed E-state index contributed by atoms with van der Waals surface area (Å²) >= 11 is 1.87. The van der Waals surface area contributed by atoms with Crippen molar-refractivity contribution < 1.29 is 4.74 Å². The highest BCUT2D eigenvalue weighted by atomic mass is 32.2. The first-order valence-corrected chi connectivity index (χ1v) is 11.7. The highest BCUT2D eigenvalue weighted by Crippen LogP contribution is 2.23. The fourth-order valence-corrected chi connectivity index (χ4v) is 4.26. The quantitative estimate of drug-likeness (QED) is 0.577. The van der Waals surface area contributed by atoms with Gasteiger partial charge in [0, 0.05) is 45.5 Å². The molecule has 0 radical (unpaired) electrons. The third-order valence-corrected chi connectivity index (χ3v) is 6.18. The maximum absolute atomic E-state index is 9.42. The minimum absolute atomic E-state index is 0.669. The monoisotopic (exact) mass is 409 g/mol. The summed E-state index contributed by atoms with van der Waals surface area (Å²) in [6, 6.07) is 17.4. The van der Waals surface area contributed by atoms with Crippen molar-refractivity contribution >= 4 is 17.4 Å². The van der Waals surface area contributed by atoms with Gasteiger partial charge in [-0.3, -0.25) is 4.90 Å². The van der Waals surface area contributed by atoms with E-state index >= 15 is 0 Å². The second kappa shape index (κ2) is 11.3. The summed E-state index contributed by atoms with van der Waals surface area (Å²) in [6.45, 7) is 5.83. The molecule has 2 aromatic rings. The summed E-state index contributed by atoms with van der Waals surface area (Å²) in [5, 5.41) is 9.42. The van der Waals surface area contributed by atoms with Crippen LogP contribution in [0, 0.1) is 11.3 Å². The lowest BCUT2D eigenvalue weighted by atomic mass is 10.0. The van der Waals surface area contributed by atoms with E-state index in [1.807, 2.05) is 17.8 Å². The zero-order valence-corrected chi connectivity index (χ0v) is 18.4. The van der Waals surface area contributed by atoms with Crippen LogP contribution < -0.4 is 4.90 Å². The highest BCUT2D eigenvalue weighted by Gasteiger charge is 2.18. The summed E-state index contributed by atoms with van der Waals surface area (Å²) in [5.41, 5.74) is 5.85. The number of hydrogen-bond donors (Lipinski definition) is 0. The minimum atomic E-state index is 0.669. The lowest BCUT2D eigenvalue weighted by Gasteiger charge is -2.36. The Kier molecular flexibility index (Phi) is 8.42. The summed E-state index contributed by atoms with van der Waals surface area (Å²) in [7, 11) is 1.73. The Morgan fingerprint density at radius 1 is 1.03 bits per heavy atom. The van der Waals surface area contributed by atoms with Gasteiger partial charge in [0.15, 0.2) is 0 Å². The van der Waals surface area contributed by atoms with Crippen molar-refractivity contribution in [1.82, 2.24) is 4.90 Å². The molecule has 2 aromatic carbocycles. The van der Waals surface area contributed by atoms with Crippen LogP contribution in [-0.2, 0) is 24.3 Å². The van der Waals surface area contributed by atoms with Crippen molar-refractivity contribution in [3.05, 3.63) is 64.7 Å². The van der Waals surface area contributed by atoms with Gasteiger partial charge in [-0.25, -0.2) is 0 Å². The second-order valence-corrected chi connectivity index (χ2v) is 8.55. The maximum Gasteiger partial charge on any atom is 0.0994 e. The van der Waals surface area contributed by atoms with E-state index in [0.717, 1.165) is 56.9 Å². The Bertz CT molecular complexity index is 808. The van der Waals surface area contributed by atoms with Crippen LogP contribution in [0.5, 0.6) is 0 Å². The number of anilines is 1. The molecule has 0 saturated carbocycles. The molecule has 1 saturated heterocycles. The molecule has 5 heteroatoms. The van der Waals surface area contributed by atoms with Gasteiger partial charge in [0.25, 0.3) is 0 Å². The van der Waals surface area contributed by atoms with Crippen LogP contribution in [-0.4, -0.2) is 50.2 Å². The Hall–Kier alpha value is -2.00. The van der Waals surface area contributed by atoms with Crippen LogP contribution >= 0.6 is 11.8 Å². The van der Waals surface area contributed by atoms with E-state index in [9.17, 15) is 5.26 Å². The molecule has 0 bridgehead atoms. The van der Waals surface area contributed by atoms with Gasteiger partial charge in [0.2, 0.25) is 0 Å². The molecule has 29 heavy (non-hydrogen) atoms. The lowest BCUT2D eigenvalue weighted by molar-refractivity contribution is 0.185. The van der Waals surface area contributed by atoms with E-state index in [-0.39, 0.29) is 0 Å². The van der Waals surface area contributed by atoms with Crippen molar-refractivity contribution in [3.63, 3.8) is 0 Å². The topological polar surface area (TPSA) is 39.5 Å². The van der Waals surface area contributed by atoms with Crippen LogP contribution in [0.15, 0.2) is 42.5 Å². The van der Waals surface area contributed by atoms with Gasteiger partial charge in [-0.1, -0.05) is 24.3 Å². The average molecular weight is 410 g/mol. The molecule has 0 aliphatic carbocycles. The van der Waals surface area contributed by atoms with Gasteiger partial charge < -0.3 is 9.64 Å². The highest BCUT2D eigenvalue weighted by molar-refractivity contribution is 7.98. The molecular weight excluding hydrogens is 378 g/mol. The summed E-state index contributed by atoms with van der Waals surface area (Å²) in [6.07, 6.45) is 4.24. The number of aryl methyl sites for hydroxylation is 1. The predicted molar refractivity (Wildman–Crippen MR) is 123 cm³/mol. The van der Waals surface area contributed by atoms with Crippen molar-refractivity contribution in [3.8, 4) is 6.07 Å². The van der Waals surface area contributed by atoms with E-state index in [0.29, 0.717) is 6.61 Å². The summed E-state index contributed by atoms with van der Waals surface area (Å²) in [4.78, 5) is 4.97. The van der Waals surface area contributed by atoms with Crippen LogP contribution in [0.4, 0.5) is 5.69 Å². The number of thioether (sulfide) groups is 1. The molecule has 0 spiro atoms. The molecule has 1 aliphatic heterocycles. The lowest BCUT2D eigenvalue weighted by Crippen LogP contribution is -2.46. The van der Waals surface area contributed by atoms with Gasteiger partial charge in [-0.05, 0) is 59.7 Å². The molecule has 0 N–H and O–H groups in total. The van der Waals surface area contributed by atoms with Gasteiger partial charge in [-0.2, -0.15) is 17.0 Å². The second-order valence-electron chi connectivity index (χ2n) is 7.56. The van der Waals surface area contributed by atoms with Crippen molar-refractivity contribution in [2.24, 2.45) is 0 Å². The number of nitriles is 1. The summed E-state index contributed by atoms with van der Waals surface area (Å²) < 4.78 is 5.19. The minimum Gasteiger partial charge on any atom is -0.380 e. The third-order valence-electron chi connectivity index (χ3n) is 5.48. The van der Waals surface area contributed by atoms with Crippen LogP contribution in [0.25, 0.3) is 0 Å². The first-order chi connectivity index (χ1) is 14.2. The Labute approximate surface area is 179 Å². The molecule has 0 atom stereocenters. The molecule has 154 valence electrons. The number of benzene rings is 2. The van der Waals surface area contributed by atoms with Gasteiger partial charge in [-0.15, -0.1) is 0 Å². The molecule has 3 rings (SSSR count). The third kappa shape index (κ3) is 6.24. The largest absolute Gasteiger partial charge is 0.380 e. The van der Waals surface area contributed by atoms with Crippen LogP contribution in [0.1, 0.15) is 28.7 Å². The van der Waals surface area contributed by atoms with Gasteiger partial charge >= 0.3 is 0 Å². The molecular formula is C24H31N3OS. The molecule has 4 nitrogen and oxygen atoms in total. The number of rotatable bonds is 9. The van der Waals surface area contributed by atoms with Crippen molar-refractivity contribution in [1.29, 1.82) is 5.26 Å². The molecule has 0 aromatic heterocycles. The normalized spacial score (nSPS) is 14.7. The van der Waals surface area contributed by atoms with Crippen LogP contribution in [0.3, 0.4) is 0 Å². The van der Waals surface area contributed by atoms with Crippen molar-refractivity contribution in [2.45, 2.75) is 26.0 Å². The van der Waals surface area contributed by atoms with E-state index in [2.05, 4.69) is 58.5 Å². The first-order valence-electron chi connectivity index (χ1n) is 10.3. The van der Waals surface area contributed by atoms with E-state index in [1.165, 1.54) is 22.4 Å². The van der Waals surface area contributed by atoms with E-state index in [4.69, 9.17) is 4.74 Å². The molecule has 1 fully saturated rings.